The highest BCUT2D eigenvalue weighted by molar-refractivity contribution is 7.89. The molecule has 1 saturated heterocycles. The topological polar surface area (TPSA) is 66.9 Å². The van der Waals surface area contributed by atoms with Crippen molar-refractivity contribution in [3.8, 4) is 0 Å². The molecule has 0 N–H and O–H groups in total. The zero-order chi connectivity index (χ0) is 15.2. The number of nitrogens with zero attached hydrogens (tertiary/aromatic N) is 2. The molecule has 1 aliphatic heterocycles. The monoisotopic (exact) mass is 306 g/mol. The summed E-state index contributed by atoms with van der Waals surface area (Å²) in [5.41, 5.74) is 0. The number of methoxy groups -OCH3 is 1. The third-order valence-corrected chi connectivity index (χ3v) is 5.65. The number of rotatable bonds is 7. The van der Waals surface area contributed by atoms with Crippen LogP contribution in [0.3, 0.4) is 0 Å². The Kier molecular flexibility index (Phi) is 6.91. The maximum absolute atomic E-state index is 12.2. The van der Waals surface area contributed by atoms with Gasteiger partial charge in [0.05, 0.1) is 12.4 Å². The van der Waals surface area contributed by atoms with E-state index in [-0.39, 0.29) is 24.2 Å². The lowest BCUT2D eigenvalue weighted by Gasteiger charge is -2.33. The van der Waals surface area contributed by atoms with E-state index in [0.717, 1.165) is 0 Å². The molecule has 0 radical (unpaired) electrons. The van der Waals surface area contributed by atoms with Crippen LogP contribution in [0.25, 0.3) is 0 Å². The molecule has 0 unspecified atom stereocenters. The van der Waals surface area contributed by atoms with Crippen molar-refractivity contribution >= 4 is 15.9 Å². The van der Waals surface area contributed by atoms with Crippen molar-refractivity contribution in [1.82, 2.24) is 9.21 Å². The summed E-state index contributed by atoms with van der Waals surface area (Å²) in [6.45, 7) is 6.43. The molecule has 1 amide bonds. The van der Waals surface area contributed by atoms with Crippen LogP contribution in [0.4, 0.5) is 0 Å². The van der Waals surface area contributed by atoms with Crippen molar-refractivity contribution in [2.45, 2.75) is 26.7 Å². The fourth-order valence-corrected chi connectivity index (χ4v) is 3.89. The first kappa shape index (κ1) is 17.4. The summed E-state index contributed by atoms with van der Waals surface area (Å²) in [6.07, 6.45) is 1.23. The number of hydrogen-bond acceptors (Lipinski definition) is 4. The molecule has 20 heavy (non-hydrogen) atoms. The number of ether oxygens (including phenoxy) is 1. The molecule has 0 bridgehead atoms. The fraction of sp³-hybridized carbons (Fsp3) is 0.923. The van der Waals surface area contributed by atoms with E-state index >= 15 is 0 Å². The Balaban J connectivity index is 2.53. The van der Waals surface area contributed by atoms with Gasteiger partial charge in [0.1, 0.15) is 0 Å². The minimum absolute atomic E-state index is 0.0121. The fourth-order valence-electron chi connectivity index (χ4n) is 2.49. The number of carbonyl (C=O) groups is 1. The second-order valence-electron chi connectivity index (χ2n) is 4.99. The lowest BCUT2D eigenvalue weighted by atomic mass is 9.96. The molecular formula is C13H26N2O4S. The smallest absolute Gasteiger partial charge is 0.225 e. The molecule has 7 heteroatoms. The minimum atomic E-state index is -3.24. The number of carbonyl (C=O) groups excluding carboxylic acids is 1. The second kappa shape index (κ2) is 7.95. The van der Waals surface area contributed by atoms with Gasteiger partial charge in [-0.1, -0.05) is 0 Å². The lowest BCUT2D eigenvalue weighted by molar-refractivity contribution is -0.136. The van der Waals surface area contributed by atoms with Crippen LogP contribution in [-0.2, 0) is 19.6 Å². The van der Waals surface area contributed by atoms with E-state index in [1.807, 2.05) is 18.7 Å². The Morgan fingerprint density at radius 1 is 1.25 bits per heavy atom. The number of piperidine rings is 1. The molecule has 0 aromatic rings. The van der Waals surface area contributed by atoms with Gasteiger partial charge in [-0.2, -0.15) is 0 Å². The van der Waals surface area contributed by atoms with Gasteiger partial charge in [0.2, 0.25) is 15.9 Å². The average molecular weight is 306 g/mol. The molecular weight excluding hydrogens is 280 g/mol. The highest BCUT2D eigenvalue weighted by Gasteiger charge is 2.32. The molecule has 1 aliphatic rings. The third-order valence-electron chi connectivity index (χ3n) is 3.82. The molecule has 118 valence electrons. The zero-order valence-electron chi connectivity index (χ0n) is 12.7. The summed E-state index contributed by atoms with van der Waals surface area (Å²) in [4.78, 5) is 14.0. The standard InChI is InChI=1S/C13H26N2O4S/c1-4-14(5-2)13(16)12-6-8-15(9-7-12)20(17,18)11-10-19-3/h12H,4-11H2,1-3H3. The number of hydrogen-bond donors (Lipinski definition) is 0. The van der Waals surface area contributed by atoms with Crippen molar-refractivity contribution in [3.05, 3.63) is 0 Å². The Morgan fingerprint density at radius 2 is 1.80 bits per heavy atom. The second-order valence-corrected chi connectivity index (χ2v) is 7.08. The van der Waals surface area contributed by atoms with E-state index in [1.165, 1.54) is 11.4 Å². The first-order valence-corrected chi connectivity index (χ1v) is 8.82. The molecule has 0 saturated carbocycles. The van der Waals surface area contributed by atoms with Gasteiger partial charge in [0.25, 0.3) is 0 Å². The minimum Gasteiger partial charge on any atom is -0.384 e. The zero-order valence-corrected chi connectivity index (χ0v) is 13.5. The molecule has 0 aliphatic carbocycles. The van der Waals surface area contributed by atoms with Gasteiger partial charge < -0.3 is 9.64 Å². The van der Waals surface area contributed by atoms with Crippen LogP contribution >= 0.6 is 0 Å². The molecule has 1 rings (SSSR count). The van der Waals surface area contributed by atoms with Crippen molar-refractivity contribution in [2.24, 2.45) is 5.92 Å². The van der Waals surface area contributed by atoms with Gasteiger partial charge in [-0.05, 0) is 26.7 Å². The van der Waals surface area contributed by atoms with Crippen molar-refractivity contribution in [3.63, 3.8) is 0 Å². The summed E-state index contributed by atoms with van der Waals surface area (Å²) >= 11 is 0. The highest BCUT2D eigenvalue weighted by Crippen LogP contribution is 2.21. The van der Waals surface area contributed by atoms with Crippen LogP contribution in [0.15, 0.2) is 0 Å². The molecule has 0 aromatic heterocycles. The molecule has 0 aromatic carbocycles. The average Bonchev–Trinajstić information content (AvgIpc) is 2.46. The van der Waals surface area contributed by atoms with Crippen molar-refractivity contribution in [2.75, 3.05) is 45.6 Å². The Labute approximate surface area is 122 Å². The predicted octanol–water partition coefficient (Wildman–Crippen LogP) is 0.543. The Bertz CT molecular complexity index is 399. The molecule has 0 atom stereocenters. The largest absolute Gasteiger partial charge is 0.384 e. The maximum atomic E-state index is 12.2. The summed E-state index contributed by atoms with van der Waals surface area (Å²) in [6, 6.07) is 0. The van der Waals surface area contributed by atoms with E-state index in [9.17, 15) is 13.2 Å². The van der Waals surface area contributed by atoms with Gasteiger partial charge >= 0.3 is 0 Å². The van der Waals surface area contributed by atoms with Crippen LogP contribution in [0, 0.1) is 5.92 Å². The van der Waals surface area contributed by atoms with Crippen molar-refractivity contribution < 1.29 is 17.9 Å². The summed E-state index contributed by atoms with van der Waals surface area (Å²) in [7, 11) is -1.75. The number of amides is 1. The van der Waals surface area contributed by atoms with E-state index in [2.05, 4.69) is 0 Å². The first-order chi connectivity index (χ1) is 9.46. The molecule has 1 heterocycles. The molecule has 1 fully saturated rings. The maximum Gasteiger partial charge on any atom is 0.225 e. The van der Waals surface area contributed by atoms with Gasteiger partial charge in [-0.25, -0.2) is 12.7 Å². The summed E-state index contributed by atoms with van der Waals surface area (Å²) in [5, 5.41) is 0. The summed E-state index contributed by atoms with van der Waals surface area (Å²) < 4.78 is 30.3. The van der Waals surface area contributed by atoms with Crippen LogP contribution in [-0.4, -0.2) is 69.2 Å². The van der Waals surface area contributed by atoms with Gasteiger partial charge in [-0.3, -0.25) is 4.79 Å². The Morgan fingerprint density at radius 3 is 2.25 bits per heavy atom. The van der Waals surface area contributed by atoms with Crippen molar-refractivity contribution in [1.29, 1.82) is 0 Å². The Hall–Kier alpha value is -0.660. The van der Waals surface area contributed by atoms with Gasteiger partial charge in [0, 0.05) is 39.2 Å². The predicted molar refractivity (Wildman–Crippen MR) is 77.9 cm³/mol. The van der Waals surface area contributed by atoms with E-state index in [0.29, 0.717) is 39.0 Å². The SMILES string of the molecule is CCN(CC)C(=O)C1CCN(S(=O)(=O)CCOC)CC1. The number of sulfonamides is 1. The normalized spacial score (nSPS) is 18.1. The molecule has 6 nitrogen and oxygen atoms in total. The first-order valence-electron chi connectivity index (χ1n) is 7.21. The highest BCUT2D eigenvalue weighted by atomic mass is 32.2. The van der Waals surface area contributed by atoms with Crippen LogP contribution < -0.4 is 0 Å². The van der Waals surface area contributed by atoms with E-state index in [4.69, 9.17) is 4.74 Å². The summed E-state index contributed by atoms with van der Waals surface area (Å²) in [5.74, 6) is 0.130. The van der Waals surface area contributed by atoms with Crippen LogP contribution in [0.5, 0.6) is 0 Å². The lowest BCUT2D eigenvalue weighted by Crippen LogP contribution is -2.45. The van der Waals surface area contributed by atoms with Crippen LogP contribution in [0.2, 0.25) is 0 Å². The van der Waals surface area contributed by atoms with Crippen LogP contribution in [0.1, 0.15) is 26.7 Å². The third kappa shape index (κ3) is 4.43. The van der Waals surface area contributed by atoms with E-state index < -0.39 is 10.0 Å². The van der Waals surface area contributed by atoms with E-state index in [1.54, 1.807) is 0 Å². The molecule has 0 spiro atoms. The quantitative estimate of drug-likeness (QED) is 0.688. The van der Waals surface area contributed by atoms with Gasteiger partial charge in [-0.15, -0.1) is 0 Å². The van der Waals surface area contributed by atoms with Gasteiger partial charge in [0.15, 0.2) is 0 Å².